The average Bonchev–Trinajstić information content (AvgIpc) is 2.89. The van der Waals surface area contributed by atoms with E-state index in [4.69, 9.17) is 11.6 Å². The van der Waals surface area contributed by atoms with E-state index in [1.807, 2.05) is 19.1 Å². The first-order chi connectivity index (χ1) is 10.2. The Labute approximate surface area is 133 Å². The van der Waals surface area contributed by atoms with E-state index in [1.54, 1.807) is 0 Å². The minimum atomic E-state index is 0.727. The number of aryl methyl sites for hydroxylation is 1. The number of nitrogens with zero attached hydrogens (tertiary/aromatic N) is 3. The molecule has 2 aromatic rings. The van der Waals surface area contributed by atoms with Gasteiger partial charge in [0.25, 0.3) is 0 Å². The number of rotatable bonds is 3. The number of aldehydes is 1. The molecule has 1 aliphatic heterocycles. The van der Waals surface area contributed by atoms with Gasteiger partial charge in [0, 0.05) is 36.9 Å². The van der Waals surface area contributed by atoms with E-state index in [2.05, 4.69) is 26.9 Å². The first-order valence-corrected chi connectivity index (χ1v) is 8.05. The minimum absolute atomic E-state index is 0.727. The molecule has 0 bridgehead atoms. The molecule has 0 atom stereocenters. The number of thiazole rings is 1. The summed E-state index contributed by atoms with van der Waals surface area (Å²) in [6, 6.07) is 7.94. The van der Waals surface area contributed by atoms with Crippen LogP contribution in [-0.4, -0.2) is 37.4 Å². The number of hydrogen-bond donors (Lipinski definition) is 0. The van der Waals surface area contributed by atoms with E-state index in [0.29, 0.717) is 0 Å². The predicted molar refractivity (Wildman–Crippen MR) is 88.1 cm³/mol. The van der Waals surface area contributed by atoms with Crippen molar-refractivity contribution < 1.29 is 4.79 Å². The fraction of sp³-hybridized carbons (Fsp3) is 0.333. The second kappa shape index (κ2) is 6.03. The smallest absolute Gasteiger partial charge is 0.186 e. The summed E-state index contributed by atoms with van der Waals surface area (Å²) in [5.41, 5.74) is 2.02. The zero-order valence-corrected chi connectivity index (χ0v) is 13.3. The van der Waals surface area contributed by atoms with Gasteiger partial charge >= 0.3 is 0 Å². The summed E-state index contributed by atoms with van der Waals surface area (Å²) in [6.07, 6.45) is 0.889. The monoisotopic (exact) mass is 321 g/mol. The van der Waals surface area contributed by atoms with Crippen molar-refractivity contribution in [3.05, 3.63) is 39.9 Å². The molecule has 21 heavy (non-hydrogen) atoms. The normalized spacial score (nSPS) is 15.3. The highest BCUT2D eigenvalue weighted by molar-refractivity contribution is 7.17. The summed E-state index contributed by atoms with van der Waals surface area (Å²) in [7, 11) is 0. The molecule has 1 aromatic carbocycles. The Morgan fingerprint density at radius 1 is 1.14 bits per heavy atom. The molecule has 1 saturated heterocycles. The van der Waals surface area contributed by atoms with E-state index in [0.717, 1.165) is 53.2 Å². The van der Waals surface area contributed by atoms with Gasteiger partial charge in [-0.15, -0.1) is 0 Å². The lowest BCUT2D eigenvalue weighted by Crippen LogP contribution is -2.46. The summed E-state index contributed by atoms with van der Waals surface area (Å²) < 4.78 is 0. The number of benzene rings is 1. The third-order valence-corrected chi connectivity index (χ3v) is 5.07. The van der Waals surface area contributed by atoms with E-state index < -0.39 is 0 Å². The van der Waals surface area contributed by atoms with Crippen LogP contribution in [0, 0.1) is 6.92 Å². The molecule has 0 saturated carbocycles. The van der Waals surface area contributed by atoms with Crippen LogP contribution in [0.1, 0.15) is 15.4 Å². The van der Waals surface area contributed by atoms with Gasteiger partial charge in [-0.3, -0.25) is 4.79 Å². The van der Waals surface area contributed by atoms with Crippen LogP contribution in [0.4, 0.5) is 10.8 Å². The molecule has 0 aliphatic carbocycles. The third kappa shape index (κ3) is 3.04. The lowest BCUT2D eigenvalue weighted by molar-refractivity contribution is 0.112. The largest absolute Gasteiger partial charge is 0.368 e. The quantitative estimate of drug-likeness (QED) is 0.813. The molecule has 0 unspecified atom stereocenters. The molecule has 3 rings (SSSR count). The molecular weight excluding hydrogens is 306 g/mol. The van der Waals surface area contributed by atoms with Crippen molar-refractivity contribution in [2.24, 2.45) is 0 Å². The molecule has 110 valence electrons. The van der Waals surface area contributed by atoms with Crippen molar-refractivity contribution in [3.63, 3.8) is 0 Å². The van der Waals surface area contributed by atoms with Crippen molar-refractivity contribution >= 4 is 40.0 Å². The standard InChI is InChI=1S/C15H16ClN3OS/c1-11-14(10-20)21-15(17-11)19-8-6-18(7-9-19)13-4-2-12(16)3-5-13/h2-5,10H,6-9H2,1H3. The molecule has 0 spiro atoms. The zero-order chi connectivity index (χ0) is 14.8. The van der Waals surface area contributed by atoms with E-state index in [1.165, 1.54) is 17.0 Å². The summed E-state index contributed by atoms with van der Waals surface area (Å²) in [5, 5.41) is 1.71. The molecular formula is C15H16ClN3OS. The number of carbonyl (C=O) groups excluding carboxylic acids is 1. The van der Waals surface area contributed by atoms with E-state index in [-0.39, 0.29) is 0 Å². The number of anilines is 2. The van der Waals surface area contributed by atoms with E-state index >= 15 is 0 Å². The molecule has 1 aliphatic rings. The van der Waals surface area contributed by atoms with Gasteiger partial charge in [0.05, 0.1) is 10.6 Å². The van der Waals surface area contributed by atoms with Gasteiger partial charge in [-0.25, -0.2) is 4.98 Å². The highest BCUT2D eigenvalue weighted by atomic mass is 35.5. The highest BCUT2D eigenvalue weighted by Crippen LogP contribution is 2.27. The molecule has 1 fully saturated rings. The Balaban J connectivity index is 1.67. The summed E-state index contributed by atoms with van der Waals surface area (Å²) in [6.45, 7) is 5.59. The molecule has 1 aromatic heterocycles. The Morgan fingerprint density at radius 2 is 1.76 bits per heavy atom. The van der Waals surface area contributed by atoms with Gasteiger partial charge in [-0.1, -0.05) is 22.9 Å². The summed E-state index contributed by atoms with van der Waals surface area (Å²) in [5.74, 6) is 0. The number of piperazine rings is 1. The van der Waals surface area contributed by atoms with Crippen molar-refractivity contribution in [1.29, 1.82) is 0 Å². The summed E-state index contributed by atoms with van der Waals surface area (Å²) >= 11 is 7.40. The molecule has 0 amide bonds. The Hall–Kier alpha value is -1.59. The molecule has 2 heterocycles. The Kier molecular flexibility index (Phi) is 4.12. The second-order valence-corrected chi connectivity index (χ2v) is 6.46. The van der Waals surface area contributed by atoms with Gasteiger partial charge in [0.15, 0.2) is 11.4 Å². The van der Waals surface area contributed by atoms with Crippen LogP contribution in [0.25, 0.3) is 0 Å². The van der Waals surface area contributed by atoms with Gasteiger partial charge in [-0.2, -0.15) is 0 Å². The molecule has 4 nitrogen and oxygen atoms in total. The zero-order valence-electron chi connectivity index (χ0n) is 11.8. The Morgan fingerprint density at radius 3 is 2.33 bits per heavy atom. The predicted octanol–water partition coefficient (Wildman–Crippen LogP) is 3.24. The van der Waals surface area contributed by atoms with E-state index in [9.17, 15) is 4.79 Å². The lowest BCUT2D eigenvalue weighted by atomic mass is 10.2. The van der Waals surface area contributed by atoms with Crippen LogP contribution in [0.3, 0.4) is 0 Å². The van der Waals surface area contributed by atoms with Crippen molar-refractivity contribution in [1.82, 2.24) is 4.98 Å². The minimum Gasteiger partial charge on any atom is -0.368 e. The maximum absolute atomic E-state index is 10.9. The fourth-order valence-electron chi connectivity index (χ4n) is 2.45. The SMILES string of the molecule is Cc1nc(N2CCN(c3ccc(Cl)cc3)CC2)sc1C=O. The van der Waals surface area contributed by atoms with Crippen LogP contribution in [0.15, 0.2) is 24.3 Å². The lowest BCUT2D eigenvalue weighted by Gasteiger charge is -2.36. The number of hydrogen-bond acceptors (Lipinski definition) is 5. The van der Waals surface area contributed by atoms with Crippen LogP contribution in [-0.2, 0) is 0 Å². The summed E-state index contributed by atoms with van der Waals surface area (Å²) in [4.78, 5) is 20.7. The van der Waals surface area contributed by atoms with Crippen LogP contribution in [0.2, 0.25) is 5.02 Å². The maximum atomic E-state index is 10.9. The number of carbonyl (C=O) groups is 1. The highest BCUT2D eigenvalue weighted by Gasteiger charge is 2.20. The van der Waals surface area contributed by atoms with Gasteiger partial charge < -0.3 is 9.80 Å². The molecule has 0 N–H and O–H groups in total. The van der Waals surface area contributed by atoms with Gasteiger partial charge in [0.1, 0.15) is 0 Å². The van der Waals surface area contributed by atoms with Crippen LogP contribution < -0.4 is 9.80 Å². The topological polar surface area (TPSA) is 36.4 Å². The maximum Gasteiger partial charge on any atom is 0.186 e. The second-order valence-electron chi connectivity index (χ2n) is 5.01. The average molecular weight is 322 g/mol. The first kappa shape index (κ1) is 14.4. The number of halogens is 1. The van der Waals surface area contributed by atoms with Gasteiger partial charge in [-0.05, 0) is 31.2 Å². The molecule has 6 heteroatoms. The van der Waals surface area contributed by atoms with Gasteiger partial charge in [0.2, 0.25) is 0 Å². The van der Waals surface area contributed by atoms with Crippen molar-refractivity contribution in [2.45, 2.75) is 6.92 Å². The van der Waals surface area contributed by atoms with Crippen molar-refractivity contribution in [2.75, 3.05) is 36.0 Å². The number of aromatic nitrogens is 1. The fourth-order valence-corrected chi connectivity index (χ4v) is 3.50. The Bertz CT molecular complexity index is 633. The third-order valence-electron chi connectivity index (χ3n) is 3.67. The van der Waals surface area contributed by atoms with Crippen molar-refractivity contribution in [3.8, 4) is 0 Å². The van der Waals surface area contributed by atoms with Crippen LogP contribution >= 0.6 is 22.9 Å². The van der Waals surface area contributed by atoms with Crippen LogP contribution in [0.5, 0.6) is 0 Å². The molecule has 0 radical (unpaired) electrons. The first-order valence-electron chi connectivity index (χ1n) is 6.85.